The first-order valence-electron chi connectivity index (χ1n) is 9.72. The lowest BCUT2D eigenvalue weighted by Crippen LogP contribution is -2.35. The Morgan fingerprint density at radius 1 is 1.04 bits per heavy atom. The van der Waals surface area contributed by atoms with E-state index in [9.17, 15) is 13.2 Å². The molecule has 2 rings (SSSR count). The van der Waals surface area contributed by atoms with Crippen molar-refractivity contribution in [2.24, 2.45) is 5.92 Å². The highest BCUT2D eigenvalue weighted by Crippen LogP contribution is 2.21. The quantitative estimate of drug-likeness (QED) is 0.746. The zero-order valence-corrected chi connectivity index (χ0v) is 17.0. The summed E-state index contributed by atoms with van der Waals surface area (Å²) in [6, 6.07) is 6.41. The Morgan fingerprint density at radius 2 is 1.65 bits per heavy atom. The van der Waals surface area contributed by atoms with Crippen molar-refractivity contribution in [2.45, 2.75) is 70.2 Å². The normalized spacial score (nSPS) is 17.2. The number of piperidine rings is 1. The molecule has 1 aliphatic heterocycles. The molecule has 1 aromatic carbocycles. The van der Waals surface area contributed by atoms with Gasteiger partial charge in [-0.25, -0.2) is 8.42 Å². The van der Waals surface area contributed by atoms with E-state index in [1.807, 2.05) is 6.92 Å². The van der Waals surface area contributed by atoms with E-state index in [1.54, 1.807) is 28.6 Å². The zero-order chi connectivity index (χ0) is 19.2. The van der Waals surface area contributed by atoms with Crippen LogP contribution in [0.1, 0.15) is 69.7 Å². The van der Waals surface area contributed by atoms with Gasteiger partial charge in [-0.2, -0.15) is 4.31 Å². The Morgan fingerprint density at radius 3 is 2.23 bits per heavy atom. The van der Waals surface area contributed by atoms with Gasteiger partial charge in [-0.15, -0.1) is 0 Å². The van der Waals surface area contributed by atoms with Crippen molar-refractivity contribution in [1.82, 2.24) is 9.62 Å². The maximum Gasteiger partial charge on any atom is 0.251 e. The molecule has 1 heterocycles. The van der Waals surface area contributed by atoms with E-state index < -0.39 is 10.0 Å². The number of amides is 1. The molecule has 0 bridgehead atoms. The highest BCUT2D eigenvalue weighted by atomic mass is 32.2. The van der Waals surface area contributed by atoms with E-state index in [-0.39, 0.29) is 16.8 Å². The number of carbonyl (C=O) groups is 1. The minimum Gasteiger partial charge on any atom is -0.350 e. The van der Waals surface area contributed by atoms with E-state index in [1.165, 1.54) is 0 Å². The zero-order valence-electron chi connectivity index (χ0n) is 16.2. The number of rotatable bonds is 8. The van der Waals surface area contributed by atoms with E-state index in [0.29, 0.717) is 24.6 Å². The van der Waals surface area contributed by atoms with Crippen molar-refractivity contribution < 1.29 is 13.2 Å². The lowest BCUT2D eigenvalue weighted by atomic mass is 10.0. The Kier molecular flexibility index (Phi) is 7.65. The van der Waals surface area contributed by atoms with Crippen molar-refractivity contribution in [3.63, 3.8) is 0 Å². The van der Waals surface area contributed by atoms with Crippen LogP contribution < -0.4 is 5.32 Å². The molecule has 1 aromatic rings. The third kappa shape index (κ3) is 5.81. The van der Waals surface area contributed by atoms with Crippen molar-refractivity contribution in [2.75, 3.05) is 13.1 Å². The molecule has 1 saturated heterocycles. The van der Waals surface area contributed by atoms with Crippen LogP contribution >= 0.6 is 0 Å². The predicted octanol–water partition coefficient (Wildman–Crippen LogP) is 3.81. The molecule has 0 spiro atoms. The van der Waals surface area contributed by atoms with E-state index in [2.05, 4.69) is 19.2 Å². The number of benzene rings is 1. The average molecular weight is 381 g/mol. The van der Waals surface area contributed by atoms with Gasteiger partial charge >= 0.3 is 0 Å². The van der Waals surface area contributed by atoms with Crippen molar-refractivity contribution in [3.8, 4) is 0 Å². The second-order valence-electron chi connectivity index (χ2n) is 7.69. The molecule has 1 atom stereocenters. The van der Waals surface area contributed by atoms with Gasteiger partial charge in [0.2, 0.25) is 10.0 Å². The topological polar surface area (TPSA) is 66.5 Å². The van der Waals surface area contributed by atoms with Crippen LogP contribution in [0, 0.1) is 5.92 Å². The summed E-state index contributed by atoms with van der Waals surface area (Å²) in [5, 5.41) is 2.99. The maximum atomic E-state index is 12.6. The summed E-state index contributed by atoms with van der Waals surface area (Å²) in [5.41, 5.74) is 0.498. The van der Waals surface area contributed by atoms with Gasteiger partial charge in [0.15, 0.2) is 0 Å². The molecule has 1 unspecified atom stereocenters. The summed E-state index contributed by atoms with van der Waals surface area (Å²) in [7, 11) is -3.45. The summed E-state index contributed by atoms with van der Waals surface area (Å²) in [6.45, 7) is 7.57. The van der Waals surface area contributed by atoms with Gasteiger partial charge in [-0.1, -0.05) is 33.1 Å². The van der Waals surface area contributed by atoms with Gasteiger partial charge in [-0.05, 0) is 56.4 Å². The molecule has 0 aliphatic carbocycles. The van der Waals surface area contributed by atoms with Crippen LogP contribution in [0.2, 0.25) is 0 Å². The average Bonchev–Trinajstić information content (AvgIpc) is 2.62. The number of nitrogens with zero attached hydrogens (tertiary/aromatic N) is 1. The minimum absolute atomic E-state index is 0.109. The van der Waals surface area contributed by atoms with Crippen LogP contribution in [-0.4, -0.2) is 37.8 Å². The third-order valence-electron chi connectivity index (χ3n) is 4.87. The van der Waals surface area contributed by atoms with Crippen molar-refractivity contribution in [1.29, 1.82) is 0 Å². The van der Waals surface area contributed by atoms with Crippen LogP contribution in [0.3, 0.4) is 0 Å². The van der Waals surface area contributed by atoms with E-state index in [4.69, 9.17) is 0 Å². The molecular formula is C20H32N2O3S. The van der Waals surface area contributed by atoms with Gasteiger partial charge in [-0.3, -0.25) is 4.79 Å². The Labute approximate surface area is 158 Å². The lowest BCUT2D eigenvalue weighted by molar-refractivity contribution is 0.0937. The van der Waals surface area contributed by atoms with Crippen LogP contribution in [0.4, 0.5) is 0 Å². The van der Waals surface area contributed by atoms with Gasteiger partial charge in [0, 0.05) is 24.7 Å². The first kappa shape index (κ1) is 20.9. The highest BCUT2D eigenvalue weighted by Gasteiger charge is 2.26. The molecular weight excluding hydrogens is 348 g/mol. The first-order chi connectivity index (χ1) is 12.3. The first-order valence-corrected chi connectivity index (χ1v) is 11.2. The molecule has 0 radical (unpaired) electrons. The predicted molar refractivity (Wildman–Crippen MR) is 105 cm³/mol. The van der Waals surface area contributed by atoms with Crippen LogP contribution in [0.15, 0.2) is 29.2 Å². The van der Waals surface area contributed by atoms with Gasteiger partial charge in [0.1, 0.15) is 0 Å². The molecule has 146 valence electrons. The van der Waals surface area contributed by atoms with E-state index >= 15 is 0 Å². The summed E-state index contributed by atoms with van der Waals surface area (Å²) in [5.74, 6) is 0.524. The molecule has 6 heteroatoms. The summed E-state index contributed by atoms with van der Waals surface area (Å²) in [6.07, 6.45) is 6.10. The van der Waals surface area contributed by atoms with E-state index in [0.717, 1.165) is 38.5 Å². The number of nitrogens with one attached hydrogen (secondary N) is 1. The number of hydrogen-bond donors (Lipinski definition) is 1. The fourth-order valence-corrected chi connectivity index (χ4v) is 4.76. The van der Waals surface area contributed by atoms with Crippen LogP contribution in [-0.2, 0) is 10.0 Å². The SMILES string of the molecule is CC(C)CCCC(C)NC(=O)c1ccc(S(=O)(=O)N2CCCCC2)cc1. The highest BCUT2D eigenvalue weighted by molar-refractivity contribution is 7.89. The lowest BCUT2D eigenvalue weighted by Gasteiger charge is -2.25. The smallest absolute Gasteiger partial charge is 0.251 e. The molecule has 0 aromatic heterocycles. The van der Waals surface area contributed by atoms with Gasteiger partial charge in [0.05, 0.1) is 4.90 Å². The minimum atomic E-state index is -3.45. The molecule has 1 amide bonds. The summed E-state index contributed by atoms with van der Waals surface area (Å²) < 4.78 is 26.8. The summed E-state index contributed by atoms with van der Waals surface area (Å²) in [4.78, 5) is 12.6. The molecule has 1 N–H and O–H groups in total. The molecule has 1 aliphatic rings. The largest absolute Gasteiger partial charge is 0.350 e. The van der Waals surface area contributed by atoms with Gasteiger partial charge in [0.25, 0.3) is 5.91 Å². The fourth-order valence-electron chi connectivity index (χ4n) is 3.24. The third-order valence-corrected chi connectivity index (χ3v) is 6.78. The standard InChI is InChI=1S/C20H32N2O3S/c1-16(2)8-7-9-17(3)21-20(23)18-10-12-19(13-11-18)26(24,25)22-14-5-4-6-15-22/h10-13,16-17H,4-9,14-15H2,1-3H3,(H,21,23). The number of carbonyl (C=O) groups excluding carboxylic acids is 1. The Hall–Kier alpha value is -1.40. The maximum absolute atomic E-state index is 12.6. The monoisotopic (exact) mass is 380 g/mol. The van der Waals surface area contributed by atoms with Crippen molar-refractivity contribution >= 4 is 15.9 Å². The fraction of sp³-hybridized carbons (Fsp3) is 0.650. The van der Waals surface area contributed by atoms with Crippen LogP contribution in [0.5, 0.6) is 0 Å². The molecule has 26 heavy (non-hydrogen) atoms. The Balaban J connectivity index is 1.94. The van der Waals surface area contributed by atoms with Gasteiger partial charge < -0.3 is 5.32 Å². The van der Waals surface area contributed by atoms with Crippen LogP contribution in [0.25, 0.3) is 0 Å². The Bertz CT molecular complexity index is 678. The van der Waals surface area contributed by atoms with Crippen molar-refractivity contribution in [3.05, 3.63) is 29.8 Å². The molecule has 1 fully saturated rings. The molecule has 5 nitrogen and oxygen atoms in total. The second kappa shape index (κ2) is 9.51. The summed E-state index contributed by atoms with van der Waals surface area (Å²) >= 11 is 0. The molecule has 0 saturated carbocycles. The number of sulfonamides is 1. The second-order valence-corrected chi connectivity index (χ2v) is 9.63. The number of hydrogen-bond acceptors (Lipinski definition) is 3.